The molecular formula is C6H8N2O2S. The van der Waals surface area contributed by atoms with Gasteiger partial charge in [0, 0.05) is 18.7 Å². The van der Waals surface area contributed by atoms with Gasteiger partial charge in [0.05, 0.1) is 6.04 Å². The lowest BCUT2D eigenvalue weighted by atomic mass is 10.2. The molecule has 2 N–H and O–H groups in total. The Labute approximate surface area is 65.8 Å². The molecule has 2 aliphatic heterocycles. The van der Waals surface area contributed by atoms with Crippen LogP contribution in [0.15, 0.2) is 11.8 Å². The highest BCUT2D eigenvalue weighted by Crippen LogP contribution is 2.15. The summed E-state index contributed by atoms with van der Waals surface area (Å²) in [5.41, 5.74) is 1.00. The number of nitrogens with one attached hydrogen (secondary N) is 2. The molecule has 0 spiro atoms. The molecule has 0 radical (unpaired) electrons. The van der Waals surface area contributed by atoms with Gasteiger partial charge in [-0.3, -0.25) is 0 Å². The maximum atomic E-state index is 10.5. The van der Waals surface area contributed by atoms with E-state index in [1.54, 1.807) is 0 Å². The van der Waals surface area contributed by atoms with Gasteiger partial charge in [0.15, 0.2) is 0 Å². The van der Waals surface area contributed by atoms with Crippen LogP contribution >= 0.6 is 0 Å². The van der Waals surface area contributed by atoms with Gasteiger partial charge in [-0.25, -0.2) is 0 Å². The molecule has 0 aromatic carbocycles. The molecule has 11 heavy (non-hydrogen) atoms. The number of fused-ring (bicyclic) bond motifs is 1. The lowest BCUT2D eigenvalue weighted by Crippen LogP contribution is -2.22. The Kier molecular flexibility index (Phi) is 1.47. The summed E-state index contributed by atoms with van der Waals surface area (Å²) in [4.78, 5) is 0.397. The van der Waals surface area contributed by atoms with Crippen LogP contribution in [0.25, 0.3) is 0 Å². The maximum absolute atomic E-state index is 10.5. The van der Waals surface area contributed by atoms with Crippen molar-refractivity contribution in [3.63, 3.8) is 0 Å². The van der Waals surface area contributed by atoms with Crippen molar-refractivity contribution in [3.8, 4) is 0 Å². The van der Waals surface area contributed by atoms with E-state index in [1.165, 1.54) is 0 Å². The van der Waals surface area contributed by atoms with E-state index in [4.69, 9.17) is 0 Å². The van der Waals surface area contributed by atoms with Crippen molar-refractivity contribution >= 4 is 15.3 Å². The molecule has 60 valence electrons. The molecule has 0 saturated carbocycles. The second kappa shape index (κ2) is 2.35. The van der Waals surface area contributed by atoms with Gasteiger partial charge in [-0.1, -0.05) is 0 Å². The van der Waals surface area contributed by atoms with Crippen molar-refractivity contribution in [2.24, 2.45) is 0 Å². The lowest BCUT2D eigenvalue weighted by molar-refractivity contribution is 0.626. The summed E-state index contributed by atoms with van der Waals surface area (Å²) in [5, 5.41) is 6.01. The van der Waals surface area contributed by atoms with Crippen LogP contribution < -0.4 is 10.6 Å². The van der Waals surface area contributed by atoms with Crippen molar-refractivity contribution in [3.05, 3.63) is 11.8 Å². The number of rotatable bonds is 0. The molecule has 2 rings (SSSR count). The van der Waals surface area contributed by atoms with Gasteiger partial charge in [0.25, 0.3) is 0 Å². The molecule has 0 aromatic rings. The summed E-state index contributed by atoms with van der Waals surface area (Å²) < 4.78 is 21.0. The summed E-state index contributed by atoms with van der Waals surface area (Å²) in [6.07, 6.45) is 2.55. The van der Waals surface area contributed by atoms with Crippen molar-refractivity contribution in [2.75, 3.05) is 6.54 Å². The van der Waals surface area contributed by atoms with Crippen LogP contribution in [0.1, 0.15) is 6.42 Å². The average molecular weight is 172 g/mol. The molecule has 1 atom stereocenters. The smallest absolute Gasteiger partial charge is 0.233 e. The third-order valence-corrected chi connectivity index (χ3v) is 2.61. The highest BCUT2D eigenvalue weighted by atomic mass is 32.2. The molecule has 1 fully saturated rings. The van der Waals surface area contributed by atoms with E-state index in [2.05, 4.69) is 10.6 Å². The Morgan fingerprint density at radius 2 is 2.36 bits per heavy atom. The zero-order valence-corrected chi connectivity index (χ0v) is 6.61. The minimum absolute atomic E-state index is 0.211. The van der Waals surface area contributed by atoms with E-state index >= 15 is 0 Å². The van der Waals surface area contributed by atoms with E-state index in [1.807, 2.05) is 6.08 Å². The minimum Gasteiger partial charge on any atom is -0.348 e. The van der Waals surface area contributed by atoms with Gasteiger partial charge in [0.2, 0.25) is 10.3 Å². The van der Waals surface area contributed by atoms with E-state index in [-0.39, 0.29) is 6.04 Å². The maximum Gasteiger partial charge on any atom is 0.233 e. The number of hydrogen-bond donors (Lipinski definition) is 2. The van der Waals surface area contributed by atoms with Crippen molar-refractivity contribution in [1.82, 2.24) is 10.6 Å². The van der Waals surface area contributed by atoms with E-state index in [9.17, 15) is 8.42 Å². The third kappa shape index (κ3) is 1.06. The van der Waals surface area contributed by atoms with E-state index in [0.717, 1.165) is 12.2 Å². The second-order valence-corrected chi connectivity index (χ2v) is 3.57. The van der Waals surface area contributed by atoms with Crippen molar-refractivity contribution in [1.29, 1.82) is 0 Å². The first-order valence-corrected chi connectivity index (χ1v) is 4.50. The summed E-state index contributed by atoms with van der Waals surface area (Å²) >= 11 is 0. The topological polar surface area (TPSA) is 58.2 Å². The Morgan fingerprint density at radius 3 is 3.00 bits per heavy atom. The zero-order valence-electron chi connectivity index (χ0n) is 5.79. The summed E-state index contributed by atoms with van der Waals surface area (Å²) in [7, 11) is -2.08. The molecule has 5 heteroatoms. The first-order valence-electron chi connectivity index (χ1n) is 3.43. The second-order valence-electron chi connectivity index (χ2n) is 2.61. The number of hydrogen-bond acceptors (Lipinski definition) is 3. The molecule has 1 unspecified atom stereocenters. The van der Waals surface area contributed by atoms with E-state index in [0.29, 0.717) is 11.4 Å². The molecule has 1 saturated heterocycles. The largest absolute Gasteiger partial charge is 0.348 e. The van der Waals surface area contributed by atoms with Crippen LogP contribution in [0.2, 0.25) is 0 Å². The Hall–Kier alpha value is -0.810. The van der Waals surface area contributed by atoms with Crippen LogP contribution in [0.4, 0.5) is 0 Å². The molecule has 0 aromatic heterocycles. The zero-order chi connectivity index (χ0) is 7.84. The minimum atomic E-state index is -2.08. The molecule has 4 nitrogen and oxygen atoms in total. The van der Waals surface area contributed by atoms with Crippen LogP contribution in [-0.2, 0) is 10.3 Å². The van der Waals surface area contributed by atoms with Gasteiger partial charge >= 0.3 is 0 Å². The molecule has 0 amide bonds. The monoisotopic (exact) mass is 172 g/mol. The SMILES string of the molecule is O=S(=O)=C1CC2NCC=C2N1. The van der Waals surface area contributed by atoms with Crippen LogP contribution in [0, 0.1) is 0 Å². The van der Waals surface area contributed by atoms with Crippen LogP contribution in [0.3, 0.4) is 0 Å². The van der Waals surface area contributed by atoms with Gasteiger partial charge < -0.3 is 10.6 Å². The molecule has 0 bridgehead atoms. The quantitative estimate of drug-likeness (QED) is 0.453. The van der Waals surface area contributed by atoms with Gasteiger partial charge in [-0.2, -0.15) is 8.42 Å². The normalized spacial score (nSPS) is 27.8. The fourth-order valence-electron chi connectivity index (χ4n) is 1.39. The predicted octanol–water partition coefficient (Wildman–Crippen LogP) is -1.16. The highest BCUT2D eigenvalue weighted by Gasteiger charge is 2.28. The van der Waals surface area contributed by atoms with E-state index < -0.39 is 10.3 Å². The summed E-state index contributed by atoms with van der Waals surface area (Å²) in [6, 6.07) is 0.211. The first kappa shape index (κ1) is 6.87. The van der Waals surface area contributed by atoms with Crippen molar-refractivity contribution < 1.29 is 8.42 Å². The van der Waals surface area contributed by atoms with Gasteiger partial charge in [0.1, 0.15) is 4.99 Å². The van der Waals surface area contributed by atoms with Crippen LogP contribution in [0.5, 0.6) is 0 Å². The van der Waals surface area contributed by atoms with Gasteiger partial charge in [-0.05, 0) is 6.08 Å². The Morgan fingerprint density at radius 1 is 1.55 bits per heavy atom. The lowest BCUT2D eigenvalue weighted by Gasteiger charge is -1.99. The third-order valence-electron chi connectivity index (χ3n) is 1.94. The van der Waals surface area contributed by atoms with Gasteiger partial charge in [-0.15, -0.1) is 0 Å². The summed E-state index contributed by atoms with van der Waals surface area (Å²) in [5.74, 6) is 0. The Bertz CT molecular complexity index is 334. The molecule has 0 aliphatic carbocycles. The fourth-order valence-corrected chi connectivity index (χ4v) is 1.89. The molecule has 2 heterocycles. The summed E-state index contributed by atoms with van der Waals surface area (Å²) in [6.45, 7) is 0.839. The van der Waals surface area contributed by atoms with Crippen molar-refractivity contribution in [2.45, 2.75) is 12.5 Å². The fraction of sp³-hybridized carbons (Fsp3) is 0.500. The van der Waals surface area contributed by atoms with Crippen LogP contribution in [-0.4, -0.2) is 26.0 Å². The average Bonchev–Trinajstić information content (AvgIpc) is 2.40. The standard InChI is InChI=1S/C6H8N2O2S/c9-11(10)6-3-5-4(8-6)1-2-7-5/h1,5,7-8H,2-3H2. The predicted molar refractivity (Wildman–Crippen MR) is 41.6 cm³/mol. The molecular weight excluding hydrogens is 164 g/mol. The first-order chi connectivity index (χ1) is 5.27. The molecule has 2 aliphatic rings. The Balaban J connectivity index is 2.35. The highest BCUT2D eigenvalue weighted by molar-refractivity contribution is 7.72.